The van der Waals surface area contributed by atoms with E-state index in [1.54, 1.807) is 4.40 Å². The molecule has 61 heavy (non-hydrogen) atoms. The van der Waals surface area contributed by atoms with E-state index in [1.807, 2.05) is 60.7 Å². The number of benzene rings is 5. The van der Waals surface area contributed by atoms with Crippen molar-refractivity contribution >= 4 is 39.7 Å². The molecule has 8 rings (SSSR count). The average Bonchev–Trinajstić information content (AvgIpc) is 3.81. The predicted octanol–water partition coefficient (Wildman–Crippen LogP) is 14.5. The Morgan fingerprint density at radius 2 is 1.41 bits per heavy atom. The number of imidazole rings is 1. The molecular formula is C52H52F3GeIrN3O-2. The largest absolute Gasteiger partial charge is 0.557 e. The van der Waals surface area contributed by atoms with Gasteiger partial charge in [0.05, 0.1) is 16.9 Å². The number of hydrogen-bond acceptors (Lipinski definition) is 3. The Hall–Kier alpha value is -4.76. The van der Waals surface area contributed by atoms with E-state index < -0.39 is 25.0 Å². The number of pyridine rings is 1. The van der Waals surface area contributed by atoms with Crippen molar-refractivity contribution in [1.82, 2.24) is 14.5 Å². The van der Waals surface area contributed by atoms with Crippen LogP contribution >= 0.6 is 0 Å². The molecule has 0 aliphatic carbocycles. The zero-order valence-corrected chi connectivity index (χ0v) is 40.7. The quantitative estimate of drug-likeness (QED) is 0.107. The summed E-state index contributed by atoms with van der Waals surface area (Å²) < 4.78 is 50.3. The van der Waals surface area contributed by atoms with Crippen LogP contribution in [0.3, 0.4) is 0 Å². The summed E-state index contributed by atoms with van der Waals surface area (Å²) in [7, 11) is 0. The van der Waals surface area contributed by atoms with Crippen molar-refractivity contribution in [3.8, 4) is 39.5 Å². The maximum Gasteiger partial charge on any atom is 0.415 e. The SMILES string of the molecule is CC(C)Cc1cc(-c2[c-]cccc2)nc[c]1[Ge]([CH3])([CH3])[CH3].CC(C)c1cc(-c2ccccc2)cc(C(C)C)c1-n1c(-c2[c-]oc3ccc(C(F)(F)F)cc23)nc2ccccc21.[Ir]. The first-order chi connectivity index (χ1) is 28.5. The molecule has 3 aromatic heterocycles. The van der Waals surface area contributed by atoms with E-state index in [0.29, 0.717) is 28.3 Å². The van der Waals surface area contributed by atoms with Crippen LogP contribution in [-0.2, 0) is 32.7 Å². The van der Waals surface area contributed by atoms with E-state index in [0.717, 1.165) is 68.8 Å². The van der Waals surface area contributed by atoms with Crippen molar-refractivity contribution in [2.75, 3.05) is 0 Å². The predicted molar refractivity (Wildman–Crippen MR) is 244 cm³/mol. The van der Waals surface area contributed by atoms with E-state index in [9.17, 15) is 13.2 Å². The van der Waals surface area contributed by atoms with Gasteiger partial charge in [0.25, 0.3) is 0 Å². The Morgan fingerprint density at radius 3 is 2.02 bits per heavy atom. The van der Waals surface area contributed by atoms with E-state index in [2.05, 4.69) is 118 Å². The number of para-hydroxylation sites is 2. The van der Waals surface area contributed by atoms with Gasteiger partial charge in [0.2, 0.25) is 0 Å². The topological polar surface area (TPSA) is 43.9 Å². The average molecular weight is 1060 g/mol. The van der Waals surface area contributed by atoms with Crippen LogP contribution in [0.1, 0.15) is 75.6 Å². The van der Waals surface area contributed by atoms with Crippen LogP contribution in [0.2, 0.25) is 17.3 Å². The maximum absolute atomic E-state index is 13.7. The molecule has 0 amide bonds. The number of fused-ring (bicyclic) bond motifs is 2. The van der Waals surface area contributed by atoms with Gasteiger partial charge in [-0.25, -0.2) is 0 Å². The second-order valence-electron chi connectivity index (χ2n) is 17.6. The Kier molecular flexibility index (Phi) is 14.0. The second kappa shape index (κ2) is 18.7. The van der Waals surface area contributed by atoms with Gasteiger partial charge in [-0.3, -0.25) is 4.98 Å². The van der Waals surface area contributed by atoms with Crippen molar-refractivity contribution in [1.29, 1.82) is 0 Å². The van der Waals surface area contributed by atoms with Gasteiger partial charge in [-0.05, 0) is 58.4 Å². The molecule has 317 valence electrons. The molecule has 0 saturated carbocycles. The second-order valence-corrected chi connectivity index (χ2v) is 28.1. The van der Waals surface area contributed by atoms with E-state index in [1.165, 1.54) is 11.6 Å². The Morgan fingerprint density at radius 1 is 0.754 bits per heavy atom. The summed E-state index contributed by atoms with van der Waals surface area (Å²) in [5.74, 6) is 8.81. The van der Waals surface area contributed by atoms with Crippen LogP contribution in [0.15, 0.2) is 126 Å². The minimum atomic E-state index is -4.48. The summed E-state index contributed by atoms with van der Waals surface area (Å²) in [5.41, 5.74) is 10.7. The molecule has 0 atom stereocenters. The number of nitrogens with zero attached hydrogens (tertiary/aromatic N) is 3. The fourth-order valence-electron chi connectivity index (χ4n) is 7.83. The normalized spacial score (nSPS) is 12.0. The van der Waals surface area contributed by atoms with Crippen LogP contribution in [0.25, 0.3) is 61.5 Å². The van der Waals surface area contributed by atoms with Gasteiger partial charge in [-0.2, -0.15) is 13.2 Å². The number of furan rings is 1. The number of aromatic nitrogens is 3. The number of rotatable bonds is 9. The molecule has 0 saturated heterocycles. The minimum Gasteiger partial charge on any atom is -0.557 e. The van der Waals surface area contributed by atoms with Crippen LogP contribution in [-0.4, -0.2) is 27.8 Å². The molecule has 0 aliphatic rings. The van der Waals surface area contributed by atoms with Crippen molar-refractivity contribution in [3.63, 3.8) is 0 Å². The molecular weight excluding hydrogens is 1000 g/mol. The van der Waals surface area contributed by atoms with Crippen molar-refractivity contribution in [2.45, 2.75) is 83.2 Å². The zero-order chi connectivity index (χ0) is 42.9. The molecule has 5 aromatic carbocycles. The van der Waals surface area contributed by atoms with Crippen LogP contribution in [0, 0.1) is 18.2 Å². The molecule has 3 heterocycles. The van der Waals surface area contributed by atoms with Crippen LogP contribution in [0.5, 0.6) is 0 Å². The van der Waals surface area contributed by atoms with E-state index >= 15 is 0 Å². The van der Waals surface area contributed by atoms with Gasteiger partial charge < -0.3 is 8.98 Å². The molecule has 8 aromatic rings. The summed E-state index contributed by atoms with van der Waals surface area (Å²) in [6.07, 6.45) is 1.68. The van der Waals surface area contributed by atoms with Crippen molar-refractivity contribution in [2.24, 2.45) is 5.92 Å². The monoisotopic (exact) mass is 1060 g/mol. The molecule has 0 bridgehead atoms. The standard InChI is InChI=1S/C34H28F3N2O.C18H24GeN.Ir/c1-20(2)25-16-23(22-10-6-5-7-11-22)17-26(21(3)4)32(25)39-30-13-9-8-12-29(30)38-33(39)28-19-40-31-15-14-24(18-27(28)31)34(35,36)37;1-14(2)11-16-12-18(15-9-7-6-8-10-15)20-13-17(16)19(3,4)5;/h5-18,20-21H,1-4H3;6-9,12-14H,11H2,1-5H3;/q2*-1;. The Bertz CT molecular complexity index is 2720. The van der Waals surface area contributed by atoms with Gasteiger partial charge in [-0.1, -0.05) is 99.3 Å². The van der Waals surface area contributed by atoms with E-state index in [-0.39, 0.29) is 31.9 Å². The Balaban J connectivity index is 0.000000250. The number of hydrogen-bond donors (Lipinski definition) is 0. The number of halogens is 3. The maximum atomic E-state index is 13.7. The first-order valence-electron chi connectivity index (χ1n) is 20.7. The first kappa shape index (κ1) is 45.8. The molecule has 9 heteroatoms. The van der Waals surface area contributed by atoms with Crippen molar-refractivity contribution in [3.05, 3.63) is 156 Å². The third-order valence-electron chi connectivity index (χ3n) is 10.8. The molecule has 1 radical (unpaired) electrons. The third-order valence-corrected chi connectivity index (χ3v) is 15.1. The summed E-state index contributed by atoms with van der Waals surface area (Å²) in [6, 6.07) is 39.6. The molecule has 4 nitrogen and oxygen atoms in total. The van der Waals surface area contributed by atoms with Gasteiger partial charge in [0, 0.05) is 43.2 Å². The molecule has 0 N–H and O–H groups in total. The molecule has 0 unspecified atom stereocenters. The number of alkyl halides is 3. The fraction of sp³-hybridized carbons (Fsp3) is 0.269. The van der Waals surface area contributed by atoms with Crippen LogP contribution in [0.4, 0.5) is 13.2 Å². The summed E-state index contributed by atoms with van der Waals surface area (Å²) in [6.45, 7) is 13.2. The summed E-state index contributed by atoms with van der Waals surface area (Å²) in [5, 5.41) is 0.324. The third kappa shape index (κ3) is 9.98. The van der Waals surface area contributed by atoms with Gasteiger partial charge >= 0.3 is 132 Å². The molecule has 0 aliphatic heterocycles. The van der Waals surface area contributed by atoms with Gasteiger partial charge in [-0.15, -0.1) is 0 Å². The Labute approximate surface area is 374 Å². The first-order valence-corrected chi connectivity index (χ1v) is 28.0. The fourth-order valence-corrected chi connectivity index (χ4v) is 11.2. The van der Waals surface area contributed by atoms with Gasteiger partial charge in [0.1, 0.15) is 0 Å². The summed E-state index contributed by atoms with van der Waals surface area (Å²) in [4.78, 5) is 9.64. The van der Waals surface area contributed by atoms with Crippen molar-refractivity contribution < 1.29 is 37.7 Å². The van der Waals surface area contributed by atoms with E-state index in [4.69, 9.17) is 14.4 Å². The molecule has 0 spiro atoms. The zero-order valence-electron chi connectivity index (χ0n) is 36.2. The molecule has 0 fully saturated rings. The van der Waals surface area contributed by atoms with Crippen LogP contribution < -0.4 is 4.40 Å². The van der Waals surface area contributed by atoms with Gasteiger partial charge in [0.15, 0.2) is 0 Å². The smallest absolute Gasteiger partial charge is 0.415 e. The summed E-state index contributed by atoms with van der Waals surface area (Å²) >= 11 is -1.86. The minimum absolute atomic E-state index is 0.